The number of imidazole rings is 1. The normalized spacial score (nSPS) is 11.6. The quantitative estimate of drug-likeness (QED) is 0.336. The van der Waals surface area contributed by atoms with E-state index < -0.39 is 11.9 Å². The summed E-state index contributed by atoms with van der Waals surface area (Å²) in [7, 11) is 0. The fourth-order valence-corrected chi connectivity index (χ4v) is 3.96. The largest absolute Gasteiger partial charge is 0.478 e. The Hall–Kier alpha value is -3.19. The highest BCUT2D eigenvalue weighted by Crippen LogP contribution is 2.17. The molecule has 0 unspecified atom stereocenters. The molecule has 0 fully saturated rings. The first kappa shape index (κ1) is 21.5. The molecule has 156 valence electrons. The Kier molecular flexibility index (Phi) is 7.19. The molecule has 0 spiro atoms. The number of H-pyrrole nitrogens is 1. The van der Waals surface area contributed by atoms with Crippen LogP contribution >= 0.6 is 11.3 Å². The summed E-state index contributed by atoms with van der Waals surface area (Å²) in [4.78, 5) is 27.2. The third-order valence-corrected chi connectivity index (χ3v) is 5.75. The summed E-state index contributed by atoms with van der Waals surface area (Å²) in [5.74, 6) is -0.869. The minimum Gasteiger partial charge on any atom is -0.478 e. The maximum Gasteiger partial charge on any atom is 0.335 e. The molecule has 2 heterocycles. The Balaban J connectivity index is 1.94. The highest BCUT2D eigenvalue weighted by atomic mass is 32.1. The number of benzene rings is 1. The van der Waals surface area contributed by atoms with Crippen LogP contribution in [0.15, 0.2) is 53.5 Å². The van der Waals surface area contributed by atoms with Gasteiger partial charge in [-0.25, -0.2) is 19.1 Å². The summed E-state index contributed by atoms with van der Waals surface area (Å²) in [6.07, 6.45) is 6.85. The smallest absolute Gasteiger partial charge is 0.335 e. The molecule has 0 saturated heterocycles. The molecule has 7 heteroatoms. The number of aromatic nitrogens is 2. The molecule has 0 amide bonds. The first-order valence-electron chi connectivity index (χ1n) is 9.86. The highest BCUT2D eigenvalue weighted by Gasteiger charge is 2.19. The molecular formula is C23H25N2O4S+. The molecule has 30 heavy (non-hydrogen) atoms. The van der Waals surface area contributed by atoms with E-state index in [2.05, 4.69) is 16.5 Å². The van der Waals surface area contributed by atoms with E-state index in [0.717, 1.165) is 41.2 Å². The van der Waals surface area contributed by atoms with Gasteiger partial charge in [0.1, 0.15) is 12.7 Å². The van der Waals surface area contributed by atoms with Crippen molar-refractivity contribution in [1.29, 1.82) is 0 Å². The summed E-state index contributed by atoms with van der Waals surface area (Å²) < 4.78 is 2.07. The molecule has 0 radical (unpaired) electrons. The highest BCUT2D eigenvalue weighted by molar-refractivity contribution is 7.09. The van der Waals surface area contributed by atoms with Crippen molar-refractivity contribution in [3.05, 3.63) is 81.1 Å². The van der Waals surface area contributed by atoms with Gasteiger partial charge in [0.2, 0.25) is 0 Å². The number of hydrogen-bond acceptors (Lipinski definition) is 3. The number of aromatic carboxylic acids is 1. The molecule has 0 bridgehead atoms. The predicted molar refractivity (Wildman–Crippen MR) is 116 cm³/mol. The minimum absolute atomic E-state index is 0.244. The second-order valence-corrected chi connectivity index (χ2v) is 8.12. The van der Waals surface area contributed by atoms with Gasteiger partial charge in [-0.2, -0.15) is 0 Å². The summed E-state index contributed by atoms with van der Waals surface area (Å²) in [5.41, 5.74) is 2.31. The third kappa shape index (κ3) is 5.45. The molecule has 1 aromatic carbocycles. The maximum absolute atomic E-state index is 11.8. The fraction of sp³-hybridized carbons (Fsp3) is 0.261. The Morgan fingerprint density at radius 3 is 2.53 bits per heavy atom. The van der Waals surface area contributed by atoms with Crippen molar-refractivity contribution in [2.45, 2.75) is 39.2 Å². The average Bonchev–Trinajstić information content (AvgIpc) is 3.37. The number of nitrogens with one attached hydrogen (secondary N) is 1. The van der Waals surface area contributed by atoms with Gasteiger partial charge in [-0.15, -0.1) is 11.3 Å². The van der Waals surface area contributed by atoms with E-state index in [9.17, 15) is 14.7 Å². The van der Waals surface area contributed by atoms with Gasteiger partial charge in [0.15, 0.2) is 5.69 Å². The molecule has 6 nitrogen and oxygen atoms in total. The zero-order valence-electron chi connectivity index (χ0n) is 16.8. The number of nitrogens with zero attached hydrogens (tertiary/aromatic N) is 1. The van der Waals surface area contributed by atoms with Crippen molar-refractivity contribution in [1.82, 2.24) is 4.98 Å². The van der Waals surface area contributed by atoms with Crippen LogP contribution in [0, 0.1) is 0 Å². The number of unbranched alkanes of at least 4 members (excludes halogenated alkanes) is 1. The van der Waals surface area contributed by atoms with Crippen molar-refractivity contribution < 1.29 is 24.4 Å². The van der Waals surface area contributed by atoms with Crippen molar-refractivity contribution in [2.75, 3.05) is 0 Å². The minimum atomic E-state index is -0.956. The van der Waals surface area contributed by atoms with Gasteiger partial charge in [0.05, 0.1) is 5.56 Å². The topological polar surface area (TPSA) is 94.3 Å². The van der Waals surface area contributed by atoms with E-state index in [1.54, 1.807) is 30.3 Å². The van der Waals surface area contributed by atoms with Crippen LogP contribution in [-0.4, -0.2) is 27.1 Å². The van der Waals surface area contributed by atoms with Gasteiger partial charge in [0, 0.05) is 23.3 Å². The van der Waals surface area contributed by atoms with Crippen LogP contribution < -0.4 is 4.57 Å². The van der Waals surface area contributed by atoms with Crippen molar-refractivity contribution >= 4 is 29.4 Å². The zero-order valence-corrected chi connectivity index (χ0v) is 17.6. The Bertz CT molecular complexity index is 1030. The monoisotopic (exact) mass is 425 g/mol. The van der Waals surface area contributed by atoms with Crippen LogP contribution in [0.3, 0.4) is 0 Å². The summed E-state index contributed by atoms with van der Waals surface area (Å²) in [5, 5.41) is 20.7. The number of carboxylic acid groups (broad SMARTS) is 2. The first-order chi connectivity index (χ1) is 14.5. The molecule has 0 aliphatic heterocycles. The maximum atomic E-state index is 11.8. The number of carbonyl (C=O) groups is 2. The molecule has 3 N–H and O–H groups in total. The van der Waals surface area contributed by atoms with Crippen LogP contribution in [0.25, 0.3) is 6.08 Å². The Morgan fingerprint density at radius 1 is 1.17 bits per heavy atom. The van der Waals surface area contributed by atoms with Crippen LogP contribution in [-0.2, 0) is 24.2 Å². The molecule has 0 aliphatic rings. The number of aliphatic carboxylic acids is 1. The van der Waals surface area contributed by atoms with E-state index in [1.807, 2.05) is 23.7 Å². The zero-order chi connectivity index (χ0) is 21.5. The van der Waals surface area contributed by atoms with Crippen molar-refractivity contribution in [2.24, 2.45) is 0 Å². The van der Waals surface area contributed by atoms with Gasteiger partial charge in [-0.05, 0) is 41.6 Å². The van der Waals surface area contributed by atoms with Crippen LogP contribution in [0.4, 0.5) is 0 Å². The lowest BCUT2D eigenvalue weighted by Gasteiger charge is -2.06. The van der Waals surface area contributed by atoms with Crippen molar-refractivity contribution in [3.63, 3.8) is 0 Å². The summed E-state index contributed by atoms with van der Waals surface area (Å²) in [6.45, 7) is 2.66. The van der Waals surface area contributed by atoms with Gasteiger partial charge in [0.25, 0.3) is 5.82 Å². The van der Waals surface area contributed by atoms with Crippen LogP contribution in [0.5, 0.6) is 0 Å². The molecule has 0 atom stereocenters. The van der Waals surface area contributed by atoms with E-state index in [0.29, 0.717) is 18.5 Å². The molecule has 3 rings (SSSR count). The molecule has 0 aliphatic carbocycles. The molecule has 2 aromatic heterocycles. The van der Waals surface area contributed by atoms with Gasteiger partial charge in [-0.3, -0.25) is 0 Å². The molecular weight excluding hydrogens is 400 g/mol. The lowest BCUT2D eigenvalue weighted by atomic mass is 10.1. The van der Waals surface area contributed by atoms with Gasteiger partial charge < -0.3 is 10.2 Å². The summed E-state index contributed by atoms with van der Waals surface area (Å²) >= 11 is 1.54. The van der Waals surface area contributed by atoms with E-state index in [-0.39, 0.29) is 5.56 Å². The summed E-state index contributed by atoms with van der Waals surface area (Å²) in [6, 6.07) is 10.6. The van der Waals surface area contributed by atoms with Crippen LogP contribution in [0.2, 0.25) is 0 Å². The SMILES string of the molecule is CCCCc1[nH]cc(/C=C(\Cc2cccs2)C(=O)O)[n+]1Cc1ccc(C(=O)O)cc1. The van der Waals surface area contributed by atoms with Gasteiger partial charge in [-0.1, -0.05) is 31.5 Å². The number of aryl methyl sites for hydroxylation is 1. The standard InChI is InChI=1S/C23H24N2O4S/c1-2-3-6-21-24-14-19(12-18(23(28)29)13-20-5-4-11-30-20)25(21)15-16-7-9-17(10-8-16)22(26)27/h4-5,7-12,14H,2-3,6,13,15H2,1H3,(H2,26,27,28,29)/p+1/b18-12+. The number of carboxylic acids is 2. The predicted octanol–water partition coefficient (Wildman–Crippen LogP) is 4.16. The molecule has 0 saturated carbocycles. The number of rotatable bonds is 10. The lowest BCUT2D eigenvalue weighted by molar-refractivity contribution is -0.696. The number of hydrogen-bond donors (Lipinski definition) is 3. The lowest BCUT2D eigenvalue weighted by Crippen LogP contribution is -2.40. The van der Waals surface area contributed by atoms with E-state index >= 15 is 0 Å². The Labute approximate surface area is 179 Å². The van der Waals surface area contributed by atoms with E-state index in [1.165, 1.54) is 11.3 Å². The van der Waals surface area contributed by atoms with Crippen LogP contribution in [0.1, 0.15) is 52.1 Å². The van der Waals surface area contributed by atoms with Gasteiger partial charge >= 0.3 is 11.9 Å². The third-order valence-electron chi connectivity index (χ3n) is 4.87. The first-order valence-corrected chi connectivity index (χ1v) is 10.7. The Morgan fingerprint density at radius 2 is 1.93 bits per heavy atom. The van der Waals surface area contributed by atoms with E-state index in [4.69, 9.17) is 5.11 Å². The average molecular weight is 426 g/mol. The molecule has 3 aromatic rings. The fourth-order valence-electron chi connectivity index (χ4n) is 3.23. The number of aromatic amines is 1. The second kappa shape index (κ2) is 10.0. The second-order valence-electron chi connectivity index (χ2n) is 7.08. The number of thiophene rings is 1. The van der Waals surface area contributed by atoms with Crippen molar-refractivity contribution in [3.8, 4) is 0 Å².